The fraction of sp³-hybridized carbons (Fsp3) is 0.545. The van der Waals surface area contributed by atoms with Crippen molar-refractivity contribution in [1.82, 2.24) is 24.9 Å². The molecule has 0 N–H and O–H groups in total. The Labute approximate surface area is 176 Å². The fourth-order valence-electron chi connectivity index (χ4n) is 3.80. The van der Waals surface area contributed by atoms with Crippen LogP contribution in [-0.2, 0) is 17.6 Å². The van der Waals surface area contributed by atoms with E-state index in [1.54, 1.807) is 11.8 Å². The summed E-state index contributed by atoms with van der Waals surface area (Å²) in [5.74, 6) is 2.96. The molecule has 1 aliphatic carbocycles. The number of thioether (sulfide) groups is 1. The van der Waals surface area contributed by atoms with Gasteiger partial charge in [0.15, 0.2) is 16.8 Å². The summed E-state index contributed by atoms with van der Waals surface area (Å²) in [7, 11) is 0. The molecule has 29 heavy (non-hydrogen) atoms. The summed E-state index contributed by atoms with van der Waals surface area (Å²) in [5.41, 5.74) is 2.58. The van der Waals surface area contributed by atoms with Crippen molar-refractivity contribution in [2.45, 2.75) is 82.2 Å². The van der Waals surface area contributed by atoms with Gasteiger partial charge in [0.2, 0.25) is 5.89 Å². The lowest BCUT2D eigenvalue weighted by atomic mass is 9.86. The monoisotopic (exact) mass is 411 g/mol. The zero-order valence-electron chi connectivity index (χ0n) is 17.7. The molecule has 2 aromatic heterocycles. The van der Waals surface area contributed by atoms with E-state index in [0.29, 0.717) is 17.7 Å². The normalized spacial score (nSPS) is 15.3. The van der Waals surface area contributed by atoms with E-state index >= 15 is 0 Å². The Kier molecular flexibility index (Phi) is 5.76. The van der Waals surface area contributed by atoms with Gasteiger partial charge in [0.1, 0.15) is 0 Å². The Morgan fingerprint density at radius 2 is 1.83 bits per heavy atom. The quantitative estimate of drug-likeness (QED) is 0.492. The highest BCUT2D eigenvalue weighted by Gasteiger charge is 2.25. The highest BCUT2D eigenvalue weighted by atomic mass is 32.2. The number of nitrogens with zero attached hydrogens (tertiary/aromatic N) is 5. The minimum atomic E-state index is 0.139. The third-order valence-electron chi connectivity index (χ3n) is 5.51. The summed E-state index contributed by atoms with van der Waals surface area (Å²) >= 11 is 1.63. The molecule has 1 fully saturated rings. The molecule has 0 atom stereocenters. The first-order chi connectivity index (χ1) is 14.0. The van der Waals surface area contributed by atoms with E-state index in [9.17, 15) is 0 Å². The predicted octanol–water partition coefficient (Wildman–Crippen LogP) is 5.60. The highest BCUT2D eigenvalue weighted by molar-refractivity contribution is 7.98. The Bertz CT molecular complexity index is 948. The van der Waals surface area contributed by atoms with Crippen LogP contribution in [0.5, 0.6) is 0 Å². The molecule has 0 saturated heterocycles. The topological polar surface area (TPSA) is 69.6 Å². The molecule has 0 unspecified atom stereocenters. The van der Waals surface area contributed by atoms with Gasteiger partial charge in [-0.15, -0.1) is 10.2 Å². The van der Waals surface area contributed by atoms with Crippen LogP contribution in [-0.4, -0.2) is 24.9 Å². The molecule has 0 amide bonds. The number of hydrogen-bond acceptors (Lipinski definition) is 6. The standard InChI is InChI=1S/C22H29N5OS/c1-5-18-23-19(28-26-18)14-29-21-25-24-20(27(21)17-8-6-7-9-17)15-10-12-16(13-11-15)22(2,3)4/h10-13,17H,5-9,14H2,1-4H3. The maximum atomic E-state index is 5.34. The van der Waals surface area contributed by atoms with Crippen molar-refractivity contribution in [3.63, 3.8) is 0 Å². The van der Waals surface area contributed by atoms with Gasteiger partial charge >= 0.3 is 0 Å². The summed E-state index contributed by atoms with van der Waals surface area (Å²) in [6.45, 7) is 8.73. The molecule has 1 saturated carbocycles. The Balaban J connectivity index is 1.62. The van der Waals surface area contributed by atoms with Crippen LogP contribution in [0.2, 0.25) is 0 Å². The molecule has 3 aromatic rings. The smallest absolute Gasteiger partial charge is 0.237 e. The molecular formula is C22H29N5OS. The van der Waals surface area contributed by atoms with Crippen LogP contribution in [0.15, 0.2) is 33.9 Å². The van der Waals surface area contributed by atoms with Crippen LogP contribution in [0.25, 0.3) is 11.4 Å². The number of aryl methyl sites for hydroxylation is 1. The largest absolute Gasteiger partial charge is 0.338 e. The van der Waals surface area contributed by atoms with E-state index in [1.807, 2.05) is 6.92 Å². The Morgan fingerprint density at radius 1 is 1.10 bits per heavy atom. The van der Waals surface area contributed by atoms with Crippen LogP contribution in [0, 0.1) is 0 Å². The van der Waals surface area contributed by atoms with Crippen molar-refractivity contribution in [2.75, 3.05) is 0 Å². The fourth-order valence-corrected chi connectivity index (χ4v) is 4.64. The van der Waals surface area contributed by atoms with Gasteiger partial charge in [-0.2, -0.15) is 4.98 Å². The Hall–Kier alpha value is -2.15. The zero-order valence-corrected chi connectivity index (χ0v) is 18.5. The molecule has 0 bridgehead atoms. The van der Waals surface area contributed by atoms with Crippen molar-refractivity contribution in [1.29, 1.82) is 0 Å². The van der Waals surface area contributed by atoms with Crippen LogP contribution >= 0.6 is 11.8 Å². The molecule has 6 nitrogen and oxygen atoms in total. The minimum absolute atomic E-state index is 0.139. The highest BCUT2D eigenvalue weighted by Crippen LogP contribution is 2.37. The molecular weight excluding hydrogens is 382 g/mol. The molecule has 0 aliphatic heterocycles. The van der Waals surface area contributed by atoms with Gasteiger partial charge in [-0.1, -0.05) is 81.7 Å². The van der Waals surface area contributed by atoms with E-state index in [4.69, 9.17) is 4.52 Å². The number of benzene rings is 1. The molecule has 154 valence electrons. The summed E-state index contributed by atoms with van der Waals surface area (Å²) in [4.78, 5) is 4.41. The molecule has 0 spiro atoms. The zero-order chi connectivity index (χ0) is 20.4. The van der Waals surface area contributed by atoms with Crippen LogP contribution in [0.3, 0.4) is 0 Å². The van der Waals surface area contributed by atoms with Crippen molar-refractivity contribution >= 4 is 11.8 Å². The summed E-state index contributed by atoms with van der Waals surface area (Å²) in [5, 5.41) is 14.0. The van der Waals surface area contributed by atoms with E-state index in [-0.39, 0.29) is 5.41 Å². The summed E-state index contributed by atoms with van der Waals surface area (Å²) in [6.07, 6.45) is 5.66. The second-order valence-electron chi connectivity index (χ2n) is 8.69. The van der Waals surface area contributed by atoms with Crippen LogP contribution in [0.1, 0.15) is 76.7 Å². The maximum Gasteiger partial charge on any atom is 0.237 e. The second-order valence-corrected chi connectivity index (χ2v) is 9.63. The average molecular weight is 412 g/mol. The SMILES string of the molecule is CCc1noc(CSc2nnc(-c3ccc(C(C)(C)C)cc3)n2C2CCCC2)n1. The average Bonchev–Trinajstić information content (AvgIpc) is 3.45. The lowest BCUT2D eigenvalue weighted by Crippen LogP contribution is -2.11. The van der Waals surface area contributed by atoms with Crippen LogP contribution in [0.4, 0.5) is 0 Å². The third kappa shape index (κ3) is 4.39. The van der Waals surface area contributed by atoms with Gasteiger partial charge in [-0.25, -0.2) is 0 Å². The Morgan fingerprint density at radius 3 is 2.45 bits per heavy atom. The first-order valence-corrected chi connectivity index (χ1v) is 11.4. The van der Waals surface area contributed by atoms with Gasteiger partial charge in [0, 0.05) is 18.0 Å². The van der Waals surface area contributed by atoms with Gasteiger partial charge in [-0.3, -0.25) is 4.57 Å². The molecule has 2 heterocycles. The molecule has 4 rings (SSSR count). The van der Waals surface area contributed by atoms with Crippen molar-refractivity contribution in [3.05, 3.63) is 41.5 Å². The van der Waals surface area contributed by atoms with Gasteiger partial charge < -0.3 is 4.52 Å². The van der Waals surface area contributed by atoms with Crippen molar-refractivity contribution in [3.8, 4) is 11.4 Å². The molecule has 1 aliphatic rings. The summed E-state index contributed by atoms with van der Waals surface area (Å²) in [6, 6.07) is 9.23. The van der Waals surface area contributed by atoms with E-state index in [2.05, 4.69) is 69.9 Å². The van der Waals surface area contributed by atoms with Crippen LogP contribution < -0.4 is 0 Å². The second kappa shape index (κ2) is 8.30. The first kappa shape index (κ1) is 20.1. The number of aromatic nitrogens is 5. The molecule has 0 radical (unpaired) electrons. The first-order valence-electron chi connectivity index (χ1n) is 10.5. The maximum absolute atomic E-state index is 5.34. The van der Waals surface area contributed by atoms with Crippen molar-refractivity contribution in [2.24, 2.45) is 0 Å². The van der Waals surface area contributed by atoms with E-state index < -0.39 is 0 Å². The molecule has 1 aromatic carbocycles. The number of hydrogen-bond donors (Lipinski definition) is 0. The van der Waals surface area contributed by atoms with E-state index in [1.165, 1.54) is 31.2 Å². The third-order valence-corrected chi connectivity index (χ3v) is 6.44. The van der Waals surface area contributed by atoms with Gasteiger partial charge in [0.05, 0.1) is 5.75 Å². The van der Waals surface area contributed by atoms with Crippen molar-refractivity contribution < 1.29 is 4.52 Å². The van der Waals surface area contributed by atoms with E-state index in [0.717, 1.165) is 28.8 Å². The lowest BCUT2D eigenvalue weighted by molar-refractivity contribution is 0.385. The number of rotatable bonds is 6. The van der Waals surface area contributed by atoms with Gasteiger partial charge in [0.25, 0.3) is 0 Å². The van der Waals surface area contributed by atoms with Gasteiger partial charge in [-0.05, 0) is 23.8 Å². The lowest BCUT2D eigenvalue weighted by Gasteiger charge is -2.20. The minimum Gasteiger partial charge on any atom is -0.338 e. The molecule has 7 heteroatoms. The predicted molar refractivity (Wildman–Crippen MR) is 115 cm³/mol. The summed E-state index contributed by atoms with van der Waals surface area (Å²) < 4.78 is 7.67.